The van der Waals surface area contributed by atoms with Crippen LogP contribution in [0, 0.1) is 5.92 Å². The smallest absolute Gasteiger partial charge is 0.407 e. The number of hydrogen-bond acceptors (Lipinski definition) is 5. The molecule has 2 atom stereocenters. The number of nitrogens with zero attached hydrogens (tertiary/aromatic N) is 1. The van der Waals surface area contributed by atoms with Crippen molar-refractivity contribution in [2.45, 2.75) is 32.6 Å². The molecule has 0 bridgehead atoms. The molecule has 6 heteroatoms. The second-order valence-electron chi connectivity index (χ2n) is 6.44. The predicted molar refractivity (Wildman–Crippen MR) is 97.4 cm³/mol. The number of fused-ring (bicyclic) bond motifs is 1. The Morgan fingerprint density at radius 1 is 1.15 bits per heavy atom. The number of para-hydroxylation sites is 2. The maximum absolute atomic E-state index is 12.1. The molecule has 136 valence electrons. The van der Waals surface area contributed by atoms with Gasteiger partial charge in [-0.2, -0.15) is 0 Å². The monoisotopic (exact) mass is 354 g/mol. The average Bonchev–Trinajstić information content (AvgIpc) is 3.09. The molecule has 3 rings (SSSR count). The van der Waals surface area contributed by atoms with Crippen molar-refractivity contribution < 1.29 is 19.1 Å². The number of carbonyl (C=O) groups excluding carboxylic acids is 1. The minimum Gasteiger partial charge on any atom is -0.445 e. The molecule has 0 saturated carbocycles. The number of nitrogens with one attached hydrogen (secondary N) is 1. The van der Waals surface area contributed by atoms with E-state index in [0.29, 0.717) is 11.1 Å². The third-order valence-electron chi connectivity index (χ3n) is 4.12. The van der Waals surface area contributed by atoms with Crippen molar-refractivity contribution in [3.05, 3.63) is 66.1 Å². The minimum absolute atomic E-state index is 0.0516. The number of benzene rings is 2. The van der Waals surface area contributed by atoms with Crippen LogP contribution in [-0.4, -0.2) is 22.2 Å². The highest BCUT2D eigenvalue weighted by Crippen LogP contribution is 2.25. The SMILES string of the molecule is CC(C)C(NC(=O)OCc1ccccc1)C(O)c1nc2ccccc2o1. The Bertz CT molecular complexity index is 827. The average molecular weight is 354 g/mol. The first-order valence-corrected chi connectivity index (χ1v) is 8.55. The number of ether oxygens (including phenoxy) is 1. The number of alkyl carbamates (subject to hydrolysis) is 1. The molecule has 0 saturated heterocycles. The third-order valence-corrected chi connectivity index (χ3v) is 4.12. The number of aliphatic hydroxyl groups excluding tert-OH is 1. The zero-order valence-electron chi connectivity index (χ0n) is 14.8. The molecule has 3 aromatic rings. The lowest BCUT2D eigenvalue weighted by Gasteiger charge is -2.25. The van der Waals surface area contributed by atoms with E-state index in [1.165, 1.54) is 0 Å². The first-order valence-electron chi connectivity index (χ1n) is 8.55. The van der Waals surface area contributed by atoms with Gasteiger partial charge in [0.15, 0.2) is 11.7 Å². The number of carbonyl (C=O) groups is 1. The second-order valence-corrected chi connectivity index (χ2v) is 6.44. The van der Waals surface area contributed by atoms with Gasteiger partial charge in [-0.25, -0.2) is 9.78 Å². The third kappa shape index (κ3) is 4.21. The van der Waals surface area contributed by atoms with Crippen molar-refractivity contribution in [3.8, 4) is 0 Å². The maximum Gasteiger partial charge on any atom is 0.407 e. The van der Waals surface area contributed by atoms with Gasteiger partial charge in [0.25, 0.3) is 0 Å². The van der Waals surface area contributed by atoms with Crippen molar-refractivity contribution in [2.24, 2.45) is 5.92 Å². The molecule has 2 N–H and O–H groups in total. The van der Waals surface area contributed by atoms with Gasteiger partial charge in [0.2, 0.25) is 5.89 Å². The molecular formula is C20H22N2O4. The van der Waals surface area contributed by atoms with E-state index in [-0.39, 0.29) is 18.4 Å². The molecular weight excluding hydrogens is 332 g/mol. The Morgan fingerprint density at radius 2 is 1.85 bits per heavy atom. The minimum atomic E-state index is -1.08. The number of hydrogen-bond donors (Lipinski definition) is 2. The summed E-state index contributed by atoms with van der Waals surface area (Å²) < 4.78 is 10.9. The predicted octanol–water partition coefficient (Wildman–Crippen LogP) is 3.81. The molecule has 0 fully saturated rings. The van der Waals surface area contributed by atoms with Gasteiger partial charge in [0.1, 0.15) is 12.1 Å². The summed E-state index contributed by atoms with van der Waals surface area (Å²) in [6, 6.07) is 16.1. The van der Waals surface area contributed by atoms with Crippen molar-refractivity contribution in [2.75, 3.05) is 0 Å². The number of oxazole rings is 1. The highest BCUT2D eigenvalue weighted by molar-refractivity contribution is 5.72. The molecule has 0 radical (unpaired) electrons. The van der Waals surface area contributed by atoms with Gasteiger partial charge in [0, 0.05) is 0 Å². The normalized spacial score (nSPS) is 13.5. The van der Waals surface area contributed by atoms with Crippen LogP contribution in [0.15, 0.2) is 59.0 Å². The van der Waals surface area contributed by atoms with Crippen molar-refractivity contribution >= 4 is 17.2 Å². The van der Waals surface area contributed by atoms with E-state index < -0.39 is 18.2 Å². The summed E-state index contributed by atoms with van der Waals surface area (Å²) in [4.78, 5) is 16.5. The zero-order chi connectivity index (χ0) is 18.5. The van der Waals surface area contributed by atoms with E-state index in [2.05, 4.69) is 10.3 Å². The van der Waals surface area contributed by atoms with Crippen molar-refractivity contribution in [3.63, 3.8) is 0 Å². The molecule has 0 aliphatic rings. The molecule has 26 heavy (non-hydrogen) atoms. The maximum atomic E-state index is 12.1. The Kier molecular flexibility index (Phi) is 5.53. The Labute approximate surface area is 151 Å². The summed E-state index contributed by atoms with van der Waals surface area (Å²) in [5, 5.41) is 13.4. The van der Waals surface area contributed by atoms with E-state index in [1.807, 2.05) is 56.3 Å². The summed E-state index contributed by atoms with van der Waals surface area (Å²) in [5.41, 5.74) is 2.15. The number of rotatable bonds is 6. The Hall–Kier alpha value is -2.86. The molecule has 0 aliphatic carbocycles. The molecule has 2 aromatic carbocycles. The topological polar surface area (TPSA) is 84.6 Å². The fourth-order valence-corrected chi connectivity index (χ4v) is 2.68. The van der Waals surface area contributed by atoms with E-state index >= 15 is 0 Å². The van der Waals surface area contributed by atoms with Gasteiger partial charge >= 0.3 is 6.09 Å². The lowest BCUT2D eigenvalue weighted by atomic mass is 9.98. The van der Waals surface area contributed by atoms with E-state index in [0.717, 1.165) is 5.56 Å². The number of amides is 1. The van der Waals surface area contributed by atoms with Crippen LogP contribution >= 0.6 is 0 Å². The van der Waals surface area contributed by atoms with E-state index in [4.69, 9.17) is 9.15 Å². The van der Waals surface area contributed by atoms with Gasteiger partial charge in [-0.15, -0.1) is 0 Å². The summed E-state index contributed by atoms with van der Waals surface area (Å²) in [5.74, 6) is 0.123. The van der Waals surface area contributed by atoms with Crippen molar-refractivity contribution in [1.29, 1.82) is 0 Å². The Morgan fingerprint density at radius 3 is 2.54 bits per heavy atom. The summed E-state index contributed by atoms with van der Waals surface area (Å²) in [7, 11) is 0. The van der Waals surface area contributed by atoms with Gasteiger partial charge in [0.05, 0.1) is 6.04 Å². The molecule has 1 aromatic heterocycles. The summed E-state index contributed by atoms with van der Waals surface area (Å²) >= 11 is 0. The summed E-state index contributed by atoms with van der Waals surface area (Å²) in [6.45, 7) is 3.96. The van der Waals surface area contributed by atoms with Gasteiger partial charge < -0.3 is 19.6 Å². The largest absolute Gasteiger partial charge is 0.445 e. The highest BCUT2D eigenvalue weighted by Gasteiger charge is 2.30. The molecule has 2 unspecified atom stereocenters. The zero-order valence-corrected chi connectivity index (χ0v) is 14.8. The van der Waals surface area contributed by atoms with Crippen LogP contribution in [0.25, 0.3) is 11.1 Å². The fourth-order valence-electron chi connectivity index (χ4n) is 2.68. The van der Waals surface area contributed by atoms with Crippen molar-refractivity contribution in [1.82, 2.24) is 10.3 Å². The standard InChI is InChI=1S/C20H22N2O4/c1-13(2)17(22-20(24)25-12-14-8-4-3-5-9-14)18(23)19-21-15-10-6-7-11-16(15)26-19/h3-11,13,17-18,23H,12H2,1-2H3,(H,22,24). The first kappa shape index (κ1) is 17.9. The van der Waals surface area contributed by atoms with Crippen LogP contribution in [0.4, 0.5) is 4.79 Å². The second kappa shape index (κ2) is 8.01. The number of aliphatic hydroxyl groups is 1. The molecule has 6 nitrogen and oxygen atoms in total. The van der Waals surface area contributed by atoms with Crippen LogP contribution in [0.5, 0.6) is 0 Å². The summed E-state index contributed by atoms with van der Waals surface area (Å²) in [6.07, 6.45) is -1.67. The lowest BCUT2D eigenvalue weighted by Crippen LogP contribution is -2.43. The quantitative estimate of drug-likeness (QED) is 0.703. The molecule has 0 aliphatic heterocycles. The van der Waals surface area contributed by atoms with Crippen LogP contribution in [-0.2, 0) is 11.3 Å². The first-order chi connectivity index (χ1) is 12.5. The van der Waals surface area contributed by atoms with Crippen LogP contribution in [0.3, 0.4) is 0 Å². The molecule has 0 spiro atoms. The number of aromatic nitrogens is 1. The van der Waals surface area contributed by atoms with E-state index in [1.54, 1.807) is 12.1 Å². The fraction of sp³-hybridized carbons (Fsp3) is 0.300. The lowest BCUT2D eigenvalue weighted by molar-refractivity contribution is 0.0701. The van der Waals surface area contributed by atoms with Crippen LogP contribution in [0.2, 0.25) is 0 Å². The van der Waals surface area contributed by atoms with Crippen LogP contribution < -0.4 is 5.32 Å². The Balaban J connectivity index is 1.66. The van der Waals surface area contributed by atoms with Gasteiger partial charge in [-0.3, -0.25) is 0 Å². The van der Waals surface area contributed by atoms with Gasteiger partial charge in [-0.05, 0) is 23.6 Å². The molecule has 1 heterocycles. The van der Waals surface area contributed by atoms with E-state index in [9.17, 15) is 9.90 Å². The molecule has 1 amide bonds. The van der Waals surface area contributed by atoms with Gasteiger partial charge in [-0.1, -0.05) is 56.3 Å². The highest BCUT2D eigenvalue weighted by atomic mass is 16.5. The van der Waals surface area contributed by atoms with Crippen LogP contribution in [0.1, 0.15) is 31.4 Å².